The molecule has 1 aromatic heterocycles. The molecule has 0 fully saturated rings. The summed E-state index contributed by atoms with van der Waals surface area (Å²) in [5, 5.41) is 2.80. The molecular weight excluding hydrogens is 200 g/mol. The van der Waals surface area contributed by atoms with E-state index < -0.39 is 0 Å². The summed E-state index contributed by atoms with van der Waals surface area (Å²) in [4.78, 5) is 15.2. The summed E-state index contributed by atoms with van der Waals surface area (Å²) in [7, 11) is 0. The van der Waals surface area contributed by atoms with Crippen molar-refractivity contribution in [1.29, 1.82) is 0 Å². The van der Waals surface area contributed by atoms with Crippen molar-refractivity contribution in [3.05, 3.63) is 30.1 Å². The summed E-state index contributed by atoms with van der Waals surface area (Å²) >= 11 is 0. The number of aromatic nitrogens is 1. The van der Waals surface area contributed by atoms with E-state index in [1.165, 1.54) is 6.42 Å². The average Bonchev–Trinajstić information content (AvgIpc) is 2.29. The van der Waals surface area contributed by atoms with Crippen molar-refractivity contribution < 1.29 is 4.79 Å². The Labute approximate surface area is 98.3 Å². The van der Waals surface area contributed by atoms with Crippen LogP contribution in [-0.2, 0) is 11.3 Å². The minimum atomic E-state index is 0.0909. The first kappa shape index (κ1) is 14.6. The molecule has 0 saturated carbocycles. The highest BCUT2D eigenvalue weighted by Crippen LogP contribution is 1.93. The van der Waals surface area contributed by atoms with Crippen molar-refractivity contribution in [3.8, 4) is 0 Å². The molecule has 0 unspecified atom stereocenters. The number of amides is 1. The molecule has 0 bridgehead atoms. The van der Waals surface area contributed by atoms with Crippen molar-refractivity contribution in [2.45, 2.75) is 46.6 Å². The molecule has 1 rings (SSSR count). The molecule has 90 valence electrons. The normalized spacial score (nSPS) is 8.94. The lowest BCUT2D eigenvalue weighted by Gasteiger charge is -2.02. The van der Waals surface area contributed by atoms with Gasteiger partial charge in [-0.05, 0) is 18.6 Å². The highest BCUT2D eigenvalue weighted by atomic mass is 16.1. The van der Waals surface area contributed by atoms with Gasteiger partial charge >= 0.3 is 0 Å². The second kappa shape index (κ2) is 10.1. The van der Waals surface area contributed by atoms with Gasteiger partial charge in [0.15, 0.2) is 0 Å². The maximum atomic E-state index is 11.1. The largest absolute Gasteiger partial charge is 0.350 e. The van der Waals surface area contributed by atoms with Crippen molar-refractivity contribution in [2.75, 3.05) is 0 Å². The lowest BCUT2D eigenvalue weighted by atomic mass is 10.3. The van der Waals surface area contributed by atoms with Crippen LogP contribution < -0.4 is 5.32 Å². The van der Waals surface area contributed by atoms with E-state index in [0.29, 0.717) is 13.0 Å². The molecule has 0 saturated heterocycles. The highest BCUT2D eigenvalue weighted by Gasteiger charge is 1.98. The Morgan fingerprint density at radius 1 is 1.31 bits per heavy atom. The lowest BCUT2D eigenvalue weighted by molar-refractivity contribution is -0.121. The molecule has 0 aromatic carbocycles. The van der Waals surface area contributed by atoms with Crippen LogP contribution in [-0.4, -0.2) is 10.9 Å². The molecule has 3 nitrogen and oxygen atoms in total. The van der Waals surface area contributed by atoms with Gasteiger partial charge < -0.3 is 5.32 Å². The molecule has 0 spiro atoms. The van der Waals surface area contributed by atoms with Crippen LogP contribution in [0.4, 0.5) is 0 Å². The molecule has 1 amide bonds. The van der Waals surface area contributed by atoms with Gasteiger partial charge in [-0.3, -0.25) is 9.78 Å². The highest BCUT2D eigenvalue weighted by molar-refractivity contribution is 5.75. The molecule has 1 aromatic rings. The third-order valence-electron chi connectivity index (χ3n) is 1.67. The zero-order valence-electron chi connectivity index (χ0n) is 10.5. The number of carbonyl (C=O) groups is 1. The van der Waals surface area contributed by atoms with E-state index >= 15 is 0 Å². The Balaban J connectivity index is 0.000000673. The van der Waals surface area contributed by atoms with Crippen LogP contribution in [0.3, 0.4) is 0 Å². The van der Waals surface area contributed by atoms with E-state index in [0.717, 1.165) is 12.1 Å². The van der Waals surface area contributed by atoms with Crippen LogP contribution in [0.5, 0.6) is 0 Å². The lowest BCUT2D eigenvalue weighted by Crippen LogP contribution is -2.22. The summed E-state index contributed by atoms with van der Waals surface area (Å²) in [6, 6.07) is 5.66. The first-order chi connectivity index (χ1) is 7.74. The summed E-state index contributed by atoms with van der Waals surface area (Å²) in [6.07, 6.45) is 4.45. The van der Waals surface area contributed by atoms with Gasteiger partial charge in [-0.2, -0.15) is 0 Å². The number of nitrogens with zero attached hydrogens (tertiary/aromatic N) is 1. The van der Waals surface area contributed by atoms with E-state index in [4.69, 9.17) is 0 Å². The summed E-state index contributed by atoms with van der Waals surface area (Å²) < 4.78 is 0. The number of carbonyl (C=O) groups excluding carboxylic acids is 1. The van der Waals surface area contributed by atoms with Crippen molar-refractivity contribution in [3.63, 3.8) is 0 Å². The number of pyridine rings is 1. The number of hydrogen-bond donors (Lipinski definition) is 1. The van der Waals surface area contributed by atoms with Gasteiger partial charge in [-0.25, -0.2) is 0 Å². The second-order valence-electron chi connectivity index (χ2n) is 3.55. The molecule has 0 aliphatic carbocycles. The van der Waals surface area contributed by atoms with E-state index in [1.54, 1.807) is 6.20 Å². The number of nitrogens with one attached hydrogen (secondary N) is 1. The zero-order chi connectivity index (χ0) is 12.2. The minimum absolute atomic E-state index is 0.0909. The smallest absolute Gasteiger partial charge is 0.220 e. The molecule has 0 aliphatic rings. The quantitative estimate of drug-likeness (QED) is 0.851. The van der Waals surface area contributed by atoms with Crippen molar-refractivity contribution in [1.82, 2.24) is 10.3 Å². The Morgan fingerprint density at radius 3 is 2.50 bits per heavy atom. The van der Waals surface area contributed by atoms with Crippen molar-refractivity contribution in [2.24, 2.45) is 0 Å². The van der Waals surface area contributed by atoms with E-state index in [2.05, 4.69) is 24.1 Å². The summed E-state index contributed by atoms with van der Waals surface area (Å²) in [6.45, 7) is 6.76. The summed E-state index contributed by atoms with van der Waals surface area (Å²) in [5.41, 5.74) is 0.895. The topological polar surface area (TPSA) is 42.0 Å². The number of hydrogen-bond acceptors (Lipinski definition) is 2. The molecular formula is C13H22N2O. The van der Waals surface area contributed by atoms with Gasteiger partial charge in [0, 0.05) is 12.6 Å². The fourth-order valence-corrected chi connectivity index (χ4v) is 1.01. The third-order valence-corrected chi connectivity index (χ3v) is 1.67. The Hall–Kier alpha value is -1.38. The van der Waals surface area contributed by atoms with E-state index in [-0.39, 0.29) is 5.91 Å². The van der Waals surface area contributed by atoms with Gasteiger partial charge in [0.2, 0.25) is 5.91 Å². The van der Waals surface area contributed by atoms with Crippen LogP contribution in [0, 0.1) is 0 Å². The van der Waals surface area contributed by atoms with Gasteiger partial charge in [-0.15, -0.1) is 0 Å². The fraction of sp³-hybridized carbons (Fsp3) is 0.538. The molecule has 0 radical (unpaired) electrons. The van der Waals surface area contributed by atoms with Gasteiger partial charge in [0.05, 0.1) is 12.2 Å². The molecule has 3 heteroatoms. The monoisotopic (exact) mass is 222 g/mol. The maximum Gasteiger partial charge on any atom is 0.220 e. The molecule has 0 atom stereocenters. The molecule has 1 heterocycles. The average molecular weight is 222 g/mol. The Morgan fingerprint density at radius 2 is 2.00 bits per heavy atom. The van der Waals surface area contributed by atoms with Gasteiger partial charge in [0.1, 0.15) is 0 Å². The molecule has 16 heavy (non-hydrogen) atoms. The number of rotatable bonds is 4. The van der Waals surface area contributed by atoms with Crippen molar-refractivity contribution >= 4 is 5.91 Å². The first-order valence-corrected chi connectivity index (χ1v) is 5.91. The minimum Gasteiger partial charge on any atom is -0.350 e. The SMILES string of the molecule is CCC.CCCC(=O)NCc1ccccn1. The van der Waals surface area contributed by atoms with Crippen LogP contribution in [0.25, 0.3) is 0 Å². The van der Waals surface area contributed by atoms with Crippen LogP contribution in [0.1, 0.15) is 45.7 Å². The first-order valence-electron chi connectivity index (χ1n) is 5.91. The fourth-order valence-electron chi connectivity index (χ4n) is 1.01. The molecule has 1 N–H and O–H groups in total. The maximum absolute atomic E-state index is 11.1. The van der Waals surface area contributed by atoms with Crippen LogP contribution in [0.15, 0.2) is 24.4 Å². The predicted octanol–water partition coefficient (Wildman–Crippen LogP) is 2.91. The van der Waals surface area contributed by atoms with Gasteiger partial charge in [-0.1, -0.05) is 33.3 Å². The Kier molecular flexibility index (Phi) is 9.27. The second-order valence-corrected chi connectivity index (χ2v) is 3.55. The summed E-state index contributed by atoms with van der Waals surface area (Å²) in [5.74, 6) is 0.0909. The van der Waals surface area contributed by atoms with E-state index in [9.17, 15) is 4.79 Å². The van der Waals surface area contributed by atoms with Crippen LogP contribution >= 0.6 is 0 Å². The van der Waals surface area contributed by atoms with Crippen LogP contribution in [0.2, 0.25) is 0 Å². The third kappa shape index (κ3) is 7.97. The van der Waals surface area contributed by atoms with E-state index in [1.807, 2.05) is 25.1 Å². The predicted molar refractivity (Wildman–Crippen MR) is 67.0 cm³/mol. The van der Waals surface area contributed by atoms with Gasteiger partial charge in [0.25, 0.3) is 0 Å². The standard InChI is InChI=1S/C10H14N2O.C3H8/c1-2-5-10(13)12-8-9-6-3-4-7-11-9;1-3-2/h3-4,6-7H,2,5,8H2,1H3,(H,12,13);3H2,1-2H3. The molecule has 0 aliphatic heterocycles. The Bertz CT molecular complexity index is 273. The zero-order valence-corrected chi connectivity index (χ0v) is 10.5.